The van der Waals surface area contributed by atoms with Gasteiger partial charge in [-0.1, -0.05) is 28.1 Å². The van der Waals surface area contributed by atoms with Gasteiger partial charge in [-0.05, 0) is 36.8 Å². The Kier molecular flexibility index (Phi) is 4.30. The van der Waals surface area contributed by atoms with E-state index in [1.807, 2.05) is 6.92 Å². The van der Waals surface area contributed by atoms with Crippen molar-refractivity contribution in [2.45, 2.75) is 11.8 Å². The molecule has 0 bridgehead atoms. The summed E-state index contributed by atoms with van der Waals surface area (Å²) in [7, 11) is -4.04. The molecule has 2 aromatic rings. The molecule has 1 N–H and O–H groups in total. The number of benzene rings is 2. The molecule has 2 rings (SSSR count). The van der Waals surface area contributed by atoms with Crippen molar-refractivity contribution in [3.63, 3.8) is 0 Å². The highest BCUT2D eigenvalue weighted by Gasteiger charge is 2.21. The molecule has 7 heteroatoms. The summed E-state index contributed by atoms with van der Waals surface area (Å²) in [5.74, 6) is -0.870. The summed E-state index contributed by atoms with van der Waals surface area (Å²) in [6, 6.07) is 9.96. The molecule has 0 atom stereocenters. The summed E-state index contributed by atoms with van der Waals surface area (Å²) >= 11 is 3.30. The minimum Gasteiger partial charge on any atom is -0.280 e. The van der Waals surface area contributed by atoms with Crippen LogP contribution in [0.1, 0.15) is 11.1 Å². The van der Waals surface area contributed by atoms with Gasteiger partial charge < -0.3 is 0 Å². The van der Waals surface area contributed by atoms with Crippen molar-refractivity contribution in [3.8, 4) is 6.07 Å². The average Bonchev–Trinajstić information content (AvgIpc) is 2.42. The minimum atomic E-state index is -4.04. The van der Waals surface area contributed by atoms with E-state index in [-0.39, 0.29) is 4.90 Å². The van der Waals surface area contributed by atoms with Crippen molar-refractivity contribution in [1.29, 1.82) is 5.26 Å². The molecule has 0 aliphatic carbocycles. The molecule has 0 aliphatic rings. The first kappa shape index (κ1) is 15.5. The van der Waals surface area contributed by atoms with E-state index in [1.165, 1.54) is 12.1 Å². The number of aryl methyl sites for hydroxylation is 1. The first-order chi connectivity index (χ1) is 9.85. The van der Waals surface area contributed by atoms with Crippen LogP contribution in [0.25, 0.3) is 0 Å². The number of hydrogen-bond donors (Lipinski definition) is 1. The van der Waals surface area contributed by atoms with Crippen LogP contribution in [-0.2, 0) is 10.0 Å². The highest BCUT2D eigenvalue weighted by atomic mass is 79.9. The molecule has 0 aromatic heterocycles. The molecule has 0 saturated heterocycles. The van der Waals surface area contributed by atoms with Crippen molar-refractivity contribution in [2.24, 2.45) is 0 Å². The fraction of sp³-hybridized carbons (Fsp3) is 0.0714. The van der Waals surface area contributed by atoms with Crippen LogP contribution in [0.3, 0.4) is 0 Å². The molecule has 0 radical (unpaired) electrons. The van der Waals surface area contributed by atoms with Gasteiger partial charge in [0.2, 0.25) is 0 Å². The Morgan fingerprint density at radius 2 is 2.00 bits per heavy atom. The highest BCUT2D eigenvalue weighted by molar-refractivity contribution is 9.10. The molecule has 0 spiro atoms. The predicted octanol–water partition coefficient (Wildman–Crippen LogP) is 3.57. The second-order valence-electron chi connectivity index (χ2n) is 4.29. The van der Waals surface area contributed by atoms with Crippen molar-refractivity contribution in [1.82, 2.24) is 0 Å². The Balaban J connectivity index is 2.46. The van der Waals surface area contributed by atoms with Crippen LogP contribution in [0.2, 0.25) is 0 Å². The van der Waals surface area contributed by atoms with Gasteiger partial charge in [0.15, 0.2) is 0 Å². The number of hydrogen-bond acceptors (Lipinski definition) is 3. The van der Waals surface area contributed by atoms with Crippen LogP contribution in [0, 0.1) is 24.1 Å². The Hall–Kier alpha value is -1.91. The number of halogens is 2. The zero-order valence-corrected chi connectivity index (χ0v) is 13.3. The van der Waals surface area contributed by atoms with Gasteiger partial charge in [0.1, 0.15) is 22.3 Å². The number of nitrogens with one attached hydrogen (secondary N) is 1. The summed E-state index contributed by atoms with van der Waals surface area (Å²) in [5, 5.41) is 8.92. The van der Waals surface area contributed by atoms with E-state index in [0.717, 1.165) is 16.1 Å². The van der Waals surface area contributed by atoms with Gasteiger partial charge in [-0.3, -0.25) is 4.72 Å². The monoisotopic (exact) mass is 368 g/mol. The van der Waals surface area contributed by atoms with E-state index < -0.39 is 21.4 Å². The molecule has 0 saturated carbocycles. The van der Waals surface area contributed by atoms with Gasteiger partial charge in [-0.25, -0.2) is 12.8 Å². The minimum absolute atomic E-state index is 0.320. The fourth-order valence-electron chi connectivity index (χ4n) is 1.70. The Labute approximate surface area is 130 Å². The van der Waals surface area contributed by atoms with Crippen LogP contribution in [0.5, 0.6) is 0 Å². The van der Waals surface area contributed by atoms with E-state index in [2.05, 4.69) is 20.7 Å². The molecule has 0 fully saturated rings. The third-order valence-electron chi connectivity index (χ3n) is 2.80. The topological polar surface area (TPSA) is 70.0 Å². The van der Waals surface area contributed by atoms with Gasteiger partial charge in [-0.2, -0.15) is 5.26 Å². The quantitative estimate of drug-likeness (QED) is 0.899. The molecule has 0 heterocycles. The molecule has 21 heavy (non-hydrogen) atoms. The lowest BCUT2D eigenvalue weighted by molar-refractivity contribution is 0.593. The van der Waals surface area contributed by atoms with Crippen molar-refractivity contribution in [2.75, 3.05) is 4.72 Å². The van der Waals surface area contributed by atoms with E-state index >= 15 is 0 Å². The largest absolute Gasteiger partial charge is 0.280 e. The Morgan fingerprint density at radius 1 is 1.29 bits per heavy atom. The summed E-state index contributed by atoms with van der Waals surface area (Å²) in [5.41, 5.74) is 0.762. The molecule has 108 valence electrons. The zero-order valence-electron chi connectivity index (χ0n) is 10.9. The normalized spacial score (nSPS) is 11.0. The van der Waals surface area contributed by atoms with Gasteiger partial charge >= 0.3 is 0 Å². The fourth-order valence-corrected chi connectivity index (χ4v) is 3.30. The van der Waals surface area contributed by atoms with Crippen molar-refractivity contribution < 1.29 is 12.8 Å². The maximum Gasteiger partial charge on any atom is 0.263 e. The van der Waals surface area contributed by atoms with Gasteiger partial charge in [0.25, 0.3) is 10.0 Å². The molecule has 0 unspecified atom stereocenters. The van der Waals surface area contributed by atoms with Crippen molar-refractivity contribution >= 4 is 31.6 Å². The molecule has 4 nitrogen and oxygen atoms in total. The Bertz CT molecular complexity index is 845. The van der Waals surface area contributed by atoms with Crippen LogP contribution in [-0.4, -0.2) is 8.42 Å². The standard InChI is InChI=1S/C14H10BrFN2O2S/c1-9-5-6-10(7-12(9)15)18-21(19,20)14-4-2-3-13(16)11(14)8-17/h2-7,18H,1H3. The van der Waals surface area contributed by atoms with Crippen molar-refractivity contribution in [3.05, 3.63) is 57.8 Å². The molecule has 2 aromatic carbocycles. The molecular weight excluding hydrogens is 359 g/mol. The molecular formula is C14H10BrFN2O2S. The SMILES string of the molecule is Cc1ccc(NS(=O)(=O)c2cccc(F)c2C#N)cc1Br. The summed E-state index contributed by atoms with van der Waals surface area (Å²) < 4.78 is 41.2. The zero-order chi connectivity index (χ0) is 15.6. The second kappa shape index (κ2) is 5.84. The van der Waals surface area contributed by atoms with E-state index in [9.17, 15) is 12.8 Å². The third-order valence-corrected chi connectivity index (χ3v) is 5.08. The molecule has 0 amide bonds. The lowest BCUT2D eigenvalue weighted by Gasteiger charge is -2.10. The predicted molar refractivity (Wildman–Crippen MR) is 80.8 cm³/mol. The maximum atomic E-state index is 13.5. The molecule has 0 aliphatic heterocycles. The lowest BCUT2D eigenvalue weighted by atomic mass is 10.2. The smallest absolute Gasteiger partial charge is 0.263 e. The first-order valence-corrected chi connectivity index (χ1v) is 8.10. The number of anilines is 1. The van der Waals surface area contributed by atoms with E-state index in [0.29, 0.717) is 5.69 Å². The summed E-state index contributed by atoms with van der Waals surface area (Å²) in [6.45, 7) is 1.86. The maximum absolute atomic E-state index is 13.5. The first-order valence-electron chi connectivity index (χ1n) is 5.83. The van der Waals surface area contributed by atoms with Crippen LogP contribution in [0.4, 0.5) is 10.1 Å². The summed E-state index contributed by atoms with van der Waals surface area (Å²) in [6.07, 6.45) is 0. The lowest BCUT2D eigenvalue weighted by Crippen LogP contribution is -2.15. The van der Waals surface area contributed by atoms with E-state index in [1.54, 1.807) is 24.3 Å². The number of nitrogens with zero attached hydrogens (tertiary/aromatic N) is 1. The Morgan fingerprint density at radius 3 is 2.62 bits per heavy atom. The van der Waals surface area contributed by atoms with E-state index in [4.69, 9.17) is 5.26 Å². The number of rotatable bonds is 3. The van der Waals surface area contributed by atoms with Crippen LogP contribution < -0.4 is 4.72 Å². The van der Waals surface area contributed by atoms with Gasteiger partial charge in [0, 0.05) is 10.2 Å². The van der Waals surface area contributed by atoms with Crippen LogP contribution >= 0.6 is 15.9 Å². The van der Waals surface area contributed by atoms with Gasteiger partial charge in [-0.15, -0.1) is 0 Å². The number of nitriles is 1. The average molecular weight is 369 g/mol. The highest BCUT2D eigenvalue weighted by Crippen LogP contribution is 2.24. The second-order valence-corrected chi connectivity index (χ2v) is 6.80. The van der Waals surface area contributed by atoms with Gasteiger partial charge in [0.05, 0.1) is 0 Å². The van der Waals surface area contributed by atoms with Crippen LogP contribution in [0.15, 0.2) is 45.8 Å². The number of sulfonamides is 1. The third kappa shape index (κ3) is 3.23. The summed E-state index contributed by atoms with van der Waals surface area (Å²) in [4.78, 5) is -0.387.